The summed E-state index contributed by atoms with van der Waals surface area (Å²) in [5, 5.41) is 21.8. The van der Waals surface area contributed by atoms with E-state index < -0.39 is 6.10 Å². The number of hydrogen-bond donors (Lipinski definition) is 3. The maximum Gasteiger partial charge on any atom is 0.255 e. The Morgan fingerprint density at radius 1 is 1.30 bits per heavy atom. The predicted molar refractivity (Wildman–Crippen MR) is 118 cm³/mol. The molecule has 1 aromatic rings. The first-order valence-electron chi connectivity index (χ1n) is 10.5. The van der Waals surface area contributed by atoms with E-state index in [1.165, 1.54) is 0 Å². The minimum Gasteiger partial charge on any atom is -0.497 e. The molecule has 2 aliphatic rings. The Bertz CT molecular complexity index is 883. The van der Waals surface area contributed by atoms with E-state index in [4.69, 9.17) is 10.1 Å². The minimum absolute atomic E-state index is 0.210. The number of hydrogen-bond acceptors (Lipinski definition) is 5. The quantitative estimate of drug-likeness (QED) is 0.669. The molecule has 0 aromatic heterocycles. The van der Waals surface area contributed by atoms with Crippen molar-refractivity contribution in [1.82, 2.24) is 10.2 Å². The van der Waals surface area contributed by atoms with Crippen LogP contribution in [0.25, 0.3) is 0 Å². The lowest BCUT2D eigenvalue weighted by Crippen LogP contribution is -2.46. The van der Waals surface area contributed by atoms with Crippen molar-refractivity contribution in [1.29, 1.82) is 5.41 Å². The van der Waals surface area contributed by atoms with E-state index in [1.54, 1.807) is 13.3 Å². The first-order chi connectivity index (χ1) is 14.4. The Balaban J connectivity index is 1.85. The van der Waals surface area contributed by atoms with Crippen molar-refractivity contribution in [2.24, 2.45) is 0 Å². The van der Waals surface area contributed by atoms with Crippen LogP contribution in [0.5, 0.6) is 5.75 Å². The van der Waals surface area contributed by atoms with Crippen molar-refractivity contribution in [2.75, 3.05) is 7.11 Å². The van der Waals surface area contributed by atoms with Crippen LogP contribution in [0.3, 0.4) is 0 Å². The number of nitrogens with one attached hydrogen (secondary N) is 2. The predicted octanol–water partition coefficient (Wildman–Crippen LogP) is 3.68. The van der Waals surface area contributed by atoms with Gasteiger partial charge in [-0.25, -0.2) is 0 Å². The number of carbonyl (C=O) groups is 1. The molecule has 1 aromatic carbocycles. The van der Waals surface area contributed by atoms with E-state index in [1.807, 2.05) is 55.2 Å². The fourth-order valence-electron chi connectivity index (χ4n) is 4.06. The molecule has 1 saturated carbocycles. The van der Waals surface area contributed by atoms with Crippen molar-refractivity contribution < 1.29 is 14.6 Å². The van der Waals surface area contributed by atoms with Gasteiger partial charge in [0.25, 0.3) is 5.91 Å². The van der Waals surface area contributed by atoms with E-state index in [-0.39, 0.29) is 17.7 Å². The molecule has 0 saturated heterocycles. The second-order valence-corrected chi connectivity index (χ2v) is 7.86. The van der Waals surface area contributed by atoms with Gasteiger partial charge < -0.3 is 20.1 Å². The van der Waals surface area contributed by atoms with Gasteiger partial charge in [-0.3, -0.25) is 10.2 Å². The summed E-state index contributed by atoms with van der Waals surface area (Å²) in [5.41, 5.74) is 3.24. The third-order valence-electron chi connectivity index (χ3n) is 5.67. The van der Waals surface area contributed by atoms with Crippen LogP contribution < -0.4 is 10.1 Å². The lowest BCUT2D eigenvalue weighted by molar-refractivity contribution is -0.118. The molecule has 0 bridgehead atoms. The molecule has 30 heavy (non-hydrogen) atoms. The number of carbonyl (C=O) groups excluding carboxylic acids is 1. The molecule has 1 aliphatic carbocycles. The van der Waals surface area contributed by atoms with Gasteiger partial charge in [-0.1, -0.05) is 37.1 Å². The van der Waals surface area contributed by atoms with Gasteiger partial charge in [0.2, 0.25) is 0 Å². The summed E-state index contributed by atoms with van der Waals surface area (Å²) in [5.74, 6) is 0.490. The van der Waals surface area contributed by atoms with Crippen molar-refractivity contribution in [3.63, 3.8) is 0 Å². The van der Waals surface area contributed by atoms with Gasteiger partial charge in [-0.2, -0.15) is 0 Å². The molecule has 6 heteroatoms. The number of amides is 1. The zero-order valence-electron chi connectivity index (χ0n) is 17.9. The summed E-state index contributed by atoms with van der Waals surface area (Å²) in [4.78, 5) is 14.9. The number of aliphatic hydroxyl groups is 1. The zero-order valence-corrected chi connectivity index (χ0v) is 17.9. The summed E-state index contributed by atoms with van der Waals surface area (Å²) in [6.45, 7) is 4.42. The smallest absolute Gasteiger partial charge is 0.255 e. The van der Waals surface area contributed by atoms with Gasteiger partial charge in [0.1, 0.15) is 5.75 Å². The largest absolute Gasteiger partial charge is 0.497 e. The summed E-state index contributed by atoms with van der Waals surface area (Å²) >= 11 is 0. The molecule has 1 aliphatic heterocycles. The van der Waals surface area contributed by atoms with Gasteiger partial charge in [-0.15, -0.1) is 0 Å². The Labute approximate surface area is 178 Å². The molecule has 3 rings (SSSR count). The van der Waals surface area contributed by atoms with Gasteiger partial charge in [0.15, 0.2) is 0 Å². The Hall–Kier alpha value is -2.86. The van der Waals surface area contributed by atoms with Crippen LogP contribution >= 0.6 is 0 Å². The molecular formula is C24H31N3O3. The maximum atomic E-state index is 13.0. The van der Waals surface area contributed by atoms with Crippen LogP contribution in [0.1, 0.15) is 45.1 Å². The average Bonchev–Trinajstić information content (AvgIpc) is 3.06. The number of methoxy groups -OCH3 is 1. The number of rotatable bonds is 6. The Morgan fingerprint density at radius 2 is 2.00 bits per heavy atom. The second-order valence-electron chi connectivity index (χ2n) is 7.86. The highest BCUT2D eigenvalue weighted by Crippen LogP contribution is 2.29. The van der Waals surface area contributed by atoms with Crippen molar-refractivity contribution in [3.8, 4) is 5.75 Å². The highest BCUT2D eigenvalue weighted by Gasteiger charge is 2.33. The van der Waals surface area contributed by atoms with Crippen LogP contribution in [0.2, 0.25) is 0 Å². The monoisotopic (exact) mass is 409 g/mol. The molecule has 2 atom stereocenters. The van der Waals surface area contributed by atoms with Gasteiger partial charge in [-0.05, 0) is 50.0 Å². The molecule has 0 spiro atoms. The lowest BCUT2D eigenvalue weighted by Gasteiger charge is -2.28. The highest BCUT2D eigenvalue weighted by molar-refractivity contribution is 6.28. The van der Waals surface area contributed by atoms with Gasteiger partial charge >= 0.3 is 0 Å². The molecule has 0 radical (unpaired) electrons. The number of ether oxygens (including phenoxy) is 1. The zero-order chi connectivity index (χ0) is 21.7. The number of allylic oxidation sites excluding steroid dienone is 4. The van der Waals surface area contributed by atoms with E-state index in [0.29, 0.717) is 18.5 Å². The fraction of sp³-hybridized carbons (Fsp3) is 0.417. The minimum atomic E-state index is -0.519. The summed E-state index contributed by atoms with van der Waals surface area (Å²) in [6, 6.07) is 7.52. The van der Waals surface area contributed by atoms with Crippen LogP contribution in [-0.4, -0.2) is 40.9 Å². The number of nitrogens with zero attached hydrogens (tertiary/aromatic N) is 1. The Kier molecular flexibility index (Phi) is 7.11. The third kappa shape index (κ3) is 4.82. The third-order valence-corrected chi connectivity index (χ3v) is 5.67. The first-order valence-corrected chi connectivity index (χ1v) is 10.5. The second kappa shape index (κ2) is 9.76. The van der Waals surface area contributed by atoms with Crippen molar-refractivity contribution >= 4 is 11.6 Å². The van der Waals surface area contributed by atoms with Gasteiger partial charge in [0, 0.05) is 12.7 Å². The molecule has 1 heterocycles. The lowest BCUT2D eigenvalue weighted by atomic mass is 9.92. The molecule has 6 nitrogen and oxygen atoms in total. The van der Waals surface area contributed by atoms with E-state index in [0.717, 1.165) is 41.8 Å². The fourth-order valence-corrected chi connectivity index (χ4v) is 4.06. The van der Waals surface area contributed by atoms with E-state index in [9.17, 15) is 9.90 Å². The number of aliphatic hydroxyl groups excluding tert-OH is 1. The van der Waals surface area contributed by atoms with Crippen LogP contribution in [0.4, 0.5) is 0 Å². The molecule has 0 unspecified atom stereocenters. The highest BCUT2D eigenvalue weighted by atomic mass is 16.5. The van der Waals surface area contributed by atoms with Gasteiger partial charge in [0.05, 0.1) is 36.2 Å². The standard InChI is InChI=1S/C24H31N3O3/c1-4-7-16(2)23-22(25)19(24(29)26-20-8-5-6-9-21(20)28)15-27(23)14-17-10-12-18(30-3)13-11-17/h4,7,10-13,15,20-21,25,28H,5-6,8-9,14H2,1-3H3,(H,26,29)/b7-4-,23-16+,25-22?/t20-,21-/m0/s1. The summed E-state index contributed by atoms with van der Waals surface area (Å²) < 4.78 is 5.23. The normalized spacial score (nSPS) is 23.5. The van der Waals surface area contributed by atoms with Crippen LogP contribution in [0, 0.1) is 5.41 Å². The Morgan fingerprint density at radius 3 is 2.63 bits per heavy atom. The summed E-state index contributed by atoms with van der Waals surface area (Å²) in [7, 11) is 1.63. The molecule has 1 fully saturated rings. The van der Waals surface area contributed by atoms with Crippen molar-refractivity contribution in [2.45, 2.75) is 58.2 Å². The molecule has 1 amide bonds. The molecule has 160 valence electrons. The van der Waals surface area contributed by atoms with E-state index in [2.05, 4.69) is 5.32 Å². The van der Waals surface area contributed by atoms with Crippen LogP contribution in [-0.2, 0) is 11.3 Å². The topological polar surface area (TPSA) is 85.7 Å². The van der Waals surface area contributed by atoms with Crippen molar-refractivity contribution in [3.05, 3.63) is 65.0 Å². The summed E-state index contributed by atoms with van der Waals surface area (Å²) in [6.07, 6.45) is 8.56. The molecular weight excluding hydrogens is 378 g/mol. The number of benzene rings is 1. The SMILES string of the molecule is C/C=C\C(C)=C1/C(=N)C(C(=O)N[C@H]2CCCC[C@@H]2O)=CN1Cc1ccc(OC)cc1. The first kappa shape index (κ1) is 21.8. The maximum absolute atomic E-state index is 13.0. The average molecular weight is 410 g/mol. The van der Waals surface area contributed by atoms with E-state index >= 15 is 0 Å². The van der Waals surface area contributed by atoms with Crippen LogP contribution in [0.15, 0.2) is 59.5 Å². The molecule has 3 N–H and O–H groups in total.